The number of ether oxygens (including phenoxy) is 1. The van der Waals surface area contributed by atoms with Gasteiger partial charge in [0.1, 0.15) is 5.75 Å². The first-order valence-corrected chi connectivity index (χ1v) is 6.54. The molecule has 0 amide bonds. The van der Waals surface area contributed by atoms with Crippen LogP contribution in [0.2, 0.25) is 0 Å². The molecule has 1 atom stereocenters. The van der Waals surface area contributed by atoms with E-state index < -0.39 is 11.9 Å². The molecule has 18 heavy (non-hydrogen) atoms. The van der Waals surface area contributed by atoms with E-state index in [2.05, 4.69) is 6.92 Å². The van der Waals surface area contributed by atoms with E-state index in [0.717, 1.165) is 24.2 Å². The van der Waals surface area contributed by atoms with Crippen molar-refractivity contribution in [3.05, 3.63) is 29.8 Å². The van der Waals surface area contributed by atoms with E-state index in [4.69, 9.17) is 4.74 Å². The third-order valence-corrected chi connectivity index (χ3v) is 2.80. The largest absolute Gasteiger partial charge is 0.491 e. The van der Waals surface area contributed by atoms with Crippen LogP contribution >= 0.6 is 0 Å². The summed E-state index contributed by atoms with van der Waals surface area (Å²) in [5.41, 5.74) is 0.854. The van der Waals surface area contributed by atoms with Gasteiger partial charge in [0, 0.05) is 0 Å². The molecule has 0 saturated heterocycles. The molecule has 3 heteroatoms. The van der Waals surface area contributed by atoms with Crippen LogP contribution in [0.25, 0.3) is 0 Å². The quantitative estimate of drug-likeness (QED) is 0.800. The second kappa shape index (κ2) is 7.04. The number of carbonyl (C=O) groups is 1. The molecule has 0 aliphatic carbocycles. The molecule has 0 bridgehead atoms. The first kappa shape index (κ1) is 14.6. The van der Waals surface area contributed by atoms with Gasteiger partial charge in [-0.2, -0.15) is 0 Å². The second-order valence-electron chi connectivity index (χ2n) is 4.77. The number of benzene rings is 1. The summed E-state index contributed by atoms with van der Waals surface area (Å²) in [5.74, 6) is -0.368. The lowest BCUT2D eigenvalue weighted by atomic mass is 9.94. The molecule has 100 valence electrons. The van der Waals surface area contributed by atoms with Crippen LogP contribution < -0.4 is 4.74 Å². The van der Waals surface area contributed by atoms with E-state index in [1.807, 2.05) is 38.1 Å². The number of hydrogen-bond donors (Lipinski definition) is 1. The van der Waals surface area contributed by atoms with Crippen molar-refractivity contribution in [1.29, 1.82) is 0 Å². The van der Waals surface area contributed by atoms with Gasteiger partial charge in [-0.1, -0.05) is 31.9 Å². The molecule has 0 aliphatic heterocycles. The highest BCUT2D eigenvalue weighted by Crippen LogP contribution is 2.25. The first-order valence-electron chi connectivity index (χ1n) is 6.54. The third-order valence-electron chi connectivity index (χ3n) is 2.80. The summed E-state index contributed by atoms with van der Waals surface area (Å²) >= 11 is 0. The predicted octanol–water partition coefficient (Wildman–Crippen LogP) is 3.83. The van der Waals surface area contributed by atoms with Crippen LogP contribution in [0.5, 0.6) is 5.75 Å². The maximum Gasteiger partial charge on any atom is 0.310 e. The van der Waals surface area contributed by atoms with E-state index in [1.165, 1.54) is 0 Å². The Morgan fingerprint density at radius 1 is 1.28 bits per heavy atom. The number of unbranched alkanes of at least 4 members (excludes halogenated alkanes) is 1. The molecule has 1 aromatic carbocycles. The van der Waals surface area contributed by atoms with Crippen molar-refractivity contribution in [2.24, 2.45) is 0 Å². The third kappa shape index (κ3) is 4.40. The van der Waals surface area contributed by atoms with Crippen LogP contribution in [0.4, 0.5) is 0 Å². The standard InChI is InChI=1S/C15H22O3/c1-4-5-6-14(15(16)17)12-7-9-13(10-8-12)18-11(2)3/h7-11,14H,4-6H2,1-3H3,(H,16,17). The highest BCUT2D eigenvalue weighted by atomic mass is 16.5. The lowest BCUT2D eigenvalue weighted by Gasteiger charge is -2.14. The molecule has 1 aromatic rings. The van der Waals surface area contributed by atoms with Crippen molar-refractivity contribution < 1.29 is 14.6 Å². The summed E-state index contributed by atoms with van der Waals surface area (Å²) in [6.45, 7) is 6.00. The average Bonchev–Trinajstić information content (AvgIpc) is 2.30. The zero-order valence-corrected chi connectivity index (χ0v) is 11.3. The Morgan fingerprint density at radius 3 is 2.33 bits per heavy atom. The van der Waals surface area contributed by atoms with Crippen molar-refractivity contribution in [1.82, 2.24) is 0 Å². The summed E-state index contributed by atoms with van der Waals surface area (Å²) in [6, 6.07) is 7.40. The molecular weight excluding hydrogens is 228 g/mol. The Balaban J connectivity index is 2.77. The van der Waals surface area contributed by atoms with Crippen molar-refractivity contribution in [3.8, 4) is 5.75 Å². The average molecular weight is 250 g/mol. The van der Waals surface area contributed by atoms with Crippen LogP contribution in [0.15, 0.2) is 24.3 Å². The highest BCUT2D eigenvalue weighted by molar-refractivity contribution is 5.76. The maximum atomic E-state index is 11.2. The van der Waals surface area contributed by atoms with Gasteiger partial charge in [0.2, 0.25) is 0 Å². The lowest BCUT2D eigenvalue weighted by molar-refractivity contribution is -0.139. The summed E-state index contributed by atoms with van der Waals surface area (Å²) in [5, 5.41) is 9.24. The lowest BCUT2D eigenvalue weighted by Crippen LogP contribution is -2.12. The van der Waals surface area contributed by atoms with E-state index in [0.29, 0.717) is 6.42 Å². The Labute approximate surface area is 109 Å². The predicted molar refractivity (Wildman–Crippen MR) is 72.1 cm³/mol. The summed E-state index contributed by atoms with van der Waals surface area (Å²) < 4.78 is 5.54. The molecule has 0 fully saturated rings. The Bertz CT molecular complexity index is 368. The maximum absolute atomic E-state index is 11.2. The molecule has 1 unspecified atom stereocenters. The van der Waals surface area contributed by atoms with E-state index >= 15 is 0 Å². The molecule has 3 nitrogen and oxygen atoms in total. The topological polar surface area (TPSA) is 46.5 Å². The van der Waals surface area contributed by atoms with Crippen molar-refractivity contribution in [3.63, 3.8) is 0 Å². The van der Waals surface area contributed by atoms with Crippen LogP contribution in [0, 0.1) is 0 Å². The number of rotatable bonds is 7. The van der Waals surface area contributed by atoms with Crippen LogP contribution in [0.3, 0.4) is 0 Å². The Kier molecular flexibility index (Phi) is 5.69. The van der Waals surface area contributed by atoms with Crippen LogP contribution in [-0.2, 0) is 4.79 Å². The van der Waals surface area contributed by atoms with Gasteiger partial charge in [-0.25, -0.2) is 0 Å². The van der Waals surface area contributed by atoms with Gasteiger partial charge < -0.3 is 9.84 Å². The molecule has 0 saturated carbocycles. The molecular formula is C15H22O3. The SMILES string of the molecule is CCCCC(C(=O)O)c1ccc(OC(C)C)cc1. The number of hydrogen-bond acceptors (Lipinski definition) is 2. The summed E-state index contributed by atoms with van der Waals surface area (Å²) in [6.07, 6.45) is 2.77. The monoisotopic (exact) mass is 250 g/mol. The number of aliphatic carboxylic acids is 1. The molecule has 0 aromatic heterocycles. The minimum absolute atomic E-state index is 0.131. The minimum Gasteiger partial charge on any atom is -0.491 e. The molecule has 1 N–H and O–H groups in total. The van der Waals surface area contributed by atoms with Crippen molar-refractivity contribution in [2.75, 3.05) is 0 Å². The molecule has 0 aliphatic rings. The summed E-state index contributed by atoms with van der Waals surface area (Å²) in [7, 11) is 0. The number of carboxylic acid groups (broad SMARTS) is 1. The second-order valence-corrected chi connectivity index (χ2v) is 4.77. The van der Waals surface area contributed by atoms with Crippen molar-refractivity contribution in [2.45, 2.75) is 52.1 Å². The zero-order valence-electron chi connectivity index (χ0n) is 11.3. The Morgan fingerprint density at radius 2 is 1.89 bits per heavy atom. The van der Waals surface area contributed by atoms with Gasteiger partial charge in [-0.15, -0.1) is 0 Å². The smallest absolute Gasteiger partial charge is 0.310 e. The van der Waals surface area contributed by atoms with Gasteiger partial charge >= 0.3 is 5.97 Å². The fraction of sp³-hybridized carbons (Fsp3) is 0.533. The summed E-state index contributed by atoms with van der Waals surface area (Å²) in [4.78, 5) is 11.2. The molecule has 0 radical (unpaired) electrons. The van der Waals surface area contributed by atoms with Gasteiger partial charge in [-0.05, 0) is 38.0 Å². The normalized spacial score (nSPS) is 12.4. The molecule has 0 spiro atoms. The van der Waals surface area contributed by atoms with Crippen LogP contribution in [0.1, 0.15) is 51.5 Å². The van der Waals surface area contributed by atoms with Crippen molar-refractivity contribution >= 4 is 5.97 Å². The minimum atomic E-state index is -0.749. The van der Waals surface area contributed by atoms with Crippen LogP contribution in [-0.4, -0.2) is 17.2 Å². The van der Waals surface area contributed by atoms with Gasteiger partial charge in [0.25, 0.3) is 0 Å². The fourth-order valence-electron chi connectivity index (χ4n) is 1.89. The molecule has 1 rings (SSSR count). The zero-order chi connectivity index (χ0) is 13.5. The Hall–Kier alpha value is -1.51. The molecule has 0 heterocycles. The van der Waals surface area contributed by atoms with Gasteiger partial charge in [-0.3, -0.25) is 4.79 Å². The van der Waals surface area contributed by atoms with E-state index in [9.17, 15) is 9.90 Å². The van der Waals surface area contributed by atoms with Gasteiger partial charge in [0.05, 0.1) is 12.0 Å². The van der Waals surface area contributed by atoms with Gasteiger partial charge in [0.15, 0.2) is 0 Å². The van der Waals surface area contributed by atoms with E-state index in [1.54, 1.807) is 0 Å². The fourth-order valence-corrected chi connectivity index (χ4v) is 1.89. The first-order chi connectivity index (χ1) is 8.54. The number of carboxylic acids is 1. The van der Waals surface area contributed by atoms with E-state index in [-0.39, 0.29) is 6.10 Å². The highest BCUT2D eigenvalue weighted by Gasteiger charge is 2.18.